The first kappa shape index (κ1) is 24.3. The van der Waals surface area contributed by atoms with Crippen molar-refractivity contribution in [1.29, 1.82) is 0 Å². The monoisotopic (exact) mass is 383 g/mol. The van der Waals surface area contributed by atoms with E-state index in [0.29, 0.717) is 6.61 Å². The lowest BCUT2D eigenvalue weighted by atomic mass is 10.0. The number of rotatable bonds is 19. The van der Waals surface area contributed by atoms with Gasteiger partial charge in [0.2, 0.25) is 0 Å². The second-order valence-electron chi connectivity index (χ2n) is 8.11. The van der Waals surface area contributed by atoms with Crippen LogP contribution in [-0.4, -0.2) is 32.0 Å². The zero-order valence-electron chi connectivity index (χ0n) is 17.9. The SMILES string of the molecule is CCCCCCCCCCCCCCCCCCNC(=O)OCC1CCO1. The molecule has 0 bridgehead atoms. The molecule has 1 amide bonds. The predicted molar refractivity (Wildman–Crippen MR) is 113 cm³/mol. The van der Waals surface area contributed by atoms with Crippen molar-refractivity contribution < 1.29 is 14.3 Å². The molecule has 0 spiro atoms. The summed E-state index contributed by atoms with van der Waals surface area (Å²) >= 11 is 0. The summed E-state index contributed by atoms with van der Waals surface area (Å²) in [6.45, 7) is 4.20. The molecule has 4 nitrogen and oxygen atoms in total. The fraction of sp³-hybridized carbons (Fsp3) is 0.957. The highest BCUT2D eigenvalue weighted by molar-refractivity contribution is 5.67. The van der Waals surface area contributed by atoms with Crippen molar-refractivity contribution in [2.75, 3.05) is 19.8 Å². The summed E-state index contributed by atoms with van der Waals surface area (Å²) in [5.41, 5.74) is 0. The number of nitrogens with one attached hydrogen (secondary N) is 1. The van der Waals surface area contributed by atoms with Crippen LogP contribution in [0.15, 0.2) is 0 Å². The van der Waals surface area contributed by atoms with Crippen molar-refractivity contribution in [3.05, 3.63) is 0 Å². The van der Waals surface area contributed by atoms with Crippen molar-refractivity contribution >= 4 is 6.09 Å². The molecule has 1 rings (SSSR count). The maximum Gasteiger partial charge on any atom is 0.407 e. The van der Waals surface area contributed by atoms with E-state index >= 15 is 0 Å². The van der Waals surface area contributed by atoms with Crippen molar-refractivity contribution in [1.82, 2.24) is 5.32 Å². The molecule has 1 saturated heterocycles. The topological polar surface area (TPSA) is 47.6 Å². The largest absolute Gasteiger partial charge is 0.447 e. The van der Waals surface area contributed by atoms with E-state index in [2.05, 4.69) is 12.2 Å². The molecule has 0 aromatic rings. The molecule has 0 aromatic heterocycles. The highest BCUT2D eigenvalue weighted by Crippen LogP contribution is 2.13. The van der Waals surface area contributed by atoms with Gasteiger partial charge in [-0.15, -0.1) is 0 Å². The average molecular weight is 384 g/mol. The van der Waals surface area contributed by atoms with E-state index in [1.165, 1.54) is 96.3 Å². The number of carbonyl (C=O) groups excluding carboxylic acids is 1. The Hall–Kier alpha value is -0.770. The summed E-state index contributed by atoms with van der Waals surface area (Å²) in [5, 5.41) is 2.82. The Morgan fingerprint density at radius 3 is 1.67 bits per heavy atom. The molecule has 0 aliphatic carbocycles. The lowest BCUT2D eigenvalue weighted by Crippen LogP contribution is -2.35. The van der Waals surface area contributed by atoms with Gasteiger partial charge in [-0.05, 0) is 6.42 Å². The number of alkyl carbamates (subject to hydrolysis) is 1. The molecule has 1 atom stereocenters. The Balaban J connectivity index is 1.66. The van der Waals surface area contributed by atoms with Gasteiger partial charge in [0.25, 0.3) is 0 Å². The smallest absolute Gasteiger partial charge is 0.407 e. The number of unbranched alkanes of at least 4 members (excludes halogenated alkanes) is 15. The van der Waals surface area contributed by atoms with Crippen LogP contribution < -0.4 is 5.32 Å². The van der Waals surface area contributed by atoms with Crippen molar-refractivity contribution in [2.45, 2.75) is 122 Å². The molecule has 0 saturated carbocycles. The molecular weight excluding hydrogens is 338 g/mol. The van der Waals surface area contributed by atoms with Crippen LogP contribution in [0.1, 0.15) is 116 Å². The number of hydrogen-bond donors (Lipinski definition) is 1. The molecule has 160 valence electrons. The third kappa shape index (κ3) is 15.9. The summed E-state index contributed by atoms with van der Waals surface area (Å²) < 4.78 is 10.3. The van der Waals surface area contributed by atoms with Gasteiger partial charge in [-0.3, -0.25) is 0 Å². The molecule has 1 heterocycles. The van der Waals surface area contributed by atoms with E-state index in [-0.39, 0.29) is 12.2 Å². The average Bonchev–Trinajstić information content (AvgIpc) is 2.63. The highest BCUT2D eigenvalue weighted by atomic mass is 16.6. The van der Waals surface area contributed by atoms with E-state index in [1.54, 1.807) is 0 Å². The van der Waals surface area contributed by atoms with Gasteiger partial charge in [-0.2, -0.15) is 0 Å². The molecule has 1 aliphatic rings. The third-order valence-electron chi connectivity index (χ3n) is 5.49. The fourth-order valence-corrected chi connectivity index (χ4v) is 3.50. The second-order valence-corrected chi connectivity index (χ2v) is 8.11. The zero-order chi connectivity index (χ0) is 19.4. The van der Waals surface area contributed by atoms with Gasteiger partial charge in [-0.1, -0.05) is 103 Å². The number of ether oxygens (including phenoxy) is 2. The van der Waals surface area contributed by atoms with Crippen LogP contribution in [0.2, 0.25) is 0 Å². The molecule has 1 fully saturated rings. The summed E-state index contributed by atoms with van der Waals surface area (Å²) in [6.07, 6.45) is 22.7. The van der Waals surface area contributed by atoms with Gasteiger partial charge in [0.05, 0.1) is 6.10 Å². The molecule has 1 unspecified atom stereocenters. The molecule has 4 heteroatoms. The zero-order valence-corrected chi connectivity index (χ0v) is 17.9. The van der Waals surface area contributed by atoms with Crippen molar-refractivity contribution in [2.24, 2.45) is 0 Å². The Morgan fingerprint density at radius 1 is 0.815 bits per heavy atom. The third-order valence-corrected chi connectivity index (χ3v) is 5.49. The van der Waals surface area contributed by atoms with Crippen molar-refractivity contribution in [3.63, 3.8) is 0 Å². The van der Waals surface area contributed by atoms with Gasteiger partial charge >= 0.3 is 6.09 Å². The number of carbonyl (C=O) groups is 1. The van der Waals surface area contributed by atoms with E-state index in [0.717, 1.165) is 26.0 Å². The number of amides is 1. The summed E-state index contributed by atoms with van der Waals surface area (Å²) in [4.78, 5) is 11.5. The van der Waals surface area contributed by atoms with Gasteiger partial charge in [0.15, 0.2) is 0 Å². The molecule has 0 aromatic carbocycles. The summed E-state index contributed by atoms with van der Waals surface area (Å²) in [5.74, 6) is 0. The first-order chi connectivity index (χ1) is 13.3. The fourth-order valence-electron chi connectivity index (χ4n) is 3.50. The van der Waals surface area contributed by atoms with E-state index in [1.807, 2.05) is 0 Å². The van der Waals surface area contributed by atoms with Gasteiger partial charge < -0.3 is 14.8 Å². The second kappa shape index (κ2) is 18.6. The van der Waals surface area contributed by atoms with Crippen LogP contribution in [0.4, 0.5) is 4.79 Å². The molecule has 27 heavy (non-hydrogen) atoms. The first-order valence-corrected chi connectivity index (χ1v) is 11.8. The Bertz CT molecular complexity index is 332. The predicted octanol–water partition coefficient (Wildman–Crippen LogP) is 6.76. The van der Waals surface area contributed by atoms with Gasteiger partial charge in [0, 0.05) is 19.6 Å². The maximum absolute atomic E-state index is 11.5. The lowest BCUT2D eigenvalue weighted by Gasteiger charge is -2.25. The first-order valence-electron chi connectivity index (χ1n) is 11.8. The minimum atomic E-state index is -0.300. The Morgan fingerprint density at radius 2 is 1.26 bits per heavy atom. The van der Waals surface area contributed by atoms with Gasteiger partial charge in [-0.25, -0.2) is 4.79 Å². The minimum absolute atomic E-state index is 0.131. The molecule has 1 aliphatic heterocycles. The summed E-state index contributed by atoms with van der Waals surface area (Å²) in [7, 11) is 0. The quantitative estimate of drug-likeness (QED) is 0.251. The molecule has 1 N–H and O–H groups in total. The standard InChI is InChI=1S/C23H45NO3/c1-2-3-4-5-6-7-8-9-10-11-12-13-14-15-16-17-19-24-23(25)27-21-22-18-20-26-22/h22H,2-21H2,1H3,(H,24,25). The van der Waals surface area contributed by atoms with E-state index in [9.17, 15) is 4.79 Å². The maximum atomic E-state index is 11.5. The van der Waals surface area contributed by atoms with Crippen molar-refractivity contribution in [3.8, 4) is 0 Å². The van der Waals surface area contributed by atoms with Crippen LogP contribution in [0.5, 0.6) is 0 Å². The Kier molecular flexibility index (Phi) is 16.7. The van der Waals surface area contributed by atoms with Gasteiger partial charge in [0.1, 0.15) is 6.61 Å². The summed E-state index contributed by atoms with van der Waals surface area (Å²) in [6, 6.07) is 0. The van der Waals surface area contributed by atoms with Crippen LogP contribution in [-0.2, 0) is 9.47 Å². The van der Waals surface area contributed by atoms with E-state index in [4.69, 9.17) is 9.47 Å². The van der Waals surface area contributed by atoms with E-state index < -0.39 is 0 Å². The normalized spacial score (nSPS) is 16.1. The van der Waals surface area contributed by atoms with Crippen LogP contribution in [0, 0.1) is 0 Å². The lowest BCUT2D eigenvalue weighted by molar-refractivity contribution is -0.0795. The minimum Gasteiger partial charge on any atom is -0.447 e. The molecular formula is C23H45NO3. The molecule has 0 radical (unpaired) electrons. The number of hydrogen-bond acceptors (Lipinski definition) is 3. The van der Waals surface area contributed by atoms with Crippen LogP contribution >= 0.6 is 0 Å². The highest BCUT2D eigenvalue weighted by Gasteiger charge is 2.19. The van der Waals surface area contributed by atoms with Crippen LogP contribution in [0.3, 0.4) is 0 Å². The Labute approximate surface area is 168 Å². The van der Waals surface area contributed by atoms with Crippen LogP contribution in [0.25, 0.3) is 0 Å².